The van der Waals surface area contributed by atoms with Crippen molar-refractivity contribution < 1.29 is 18.3 Å². The largest absolute Gasteiger partial charge is 0.426 e. The van der Waals surface area contributed by atoms with Gasteiger partial charge >= 0.3 is 6.18 Å². The van der Waals surface area contributed by atoms with Crippen LogP contribution in [0.2, 0.25) is 0 Å². The number of halogens is 3. The lowest BCUT2D eigenvalue weighted by Gasteiger charge is -2.27. The Morgan fingerprint density at radius 1 is 1.18 bits per heavy atom. The van der Waals surface area contributed by atoms with Crippen LogP contribution in [0.25, 0.3) is 0 Å². The number of benzene rings is 1. The molecule has 1 N–H and O–H groups in total. The zero-order valence-corrected chi connectivity index (χ0v) is 9.57. The highest BCUT2D eigenvalue weighted by Crippen LogP contribution is 2.37. The predicted octanol–water partition coefficient (Wildman–Crippen LogP) is 2.92. The van der Waals surface area contributed by atoms with Gasteiger partial charge in [0.15, 0.2) is 0 Å². The number of aliphatic hydroxyl groups is 1. The molecule has 1 aromatic carbocycles. The first kappa shape index (κ1) is 13.7. The maximum absolute atomic E-state index is 12.9. The maximum atomic E-state index is 12.9. The summed E-state index contributed by atoms with van der Waals surface area (Å²) in [7, 11) is 0. The Bertz CT molecular complexity index is 386. The number of aliphatic imine (C=N–C) groups is 1. The van der Waals surface area contributed by atoms with Crippen molar-refractivity contribution in [3.63, 3.8) is 0 Å². The van der Waals surface area contributed by atoms with E-state index in [2.05, 4.69) is 4.99 Å². The second-order valence-corrected chi connectivity index (χ2v) is 4.00. The smallest absolute Gasteiger partial charge is 0.371 e. The van der Waals surface area contributed by atoms with E-state index >= 15 is 0 Å². The van der Waals surface area contributed by atoms with Crippen molar-refractivity contribution in [3.05, 3.63) is 35.9 Å². The minimum Gasteiger partial charge on any atom is -0.371 e. The van der Waals surface area contributed by atoms with Crippen molar-refractivity contribution in [2.75, 3.05) is 0 Å². The van der Waals surface area contributed by atoms with Crippen molar-refractivity contribution >= 4 is 6.21 Å². The van der Waals surface area contributed by atoms with Crippen molar-refractivity contribution in [3.8, 4) is 0 Å². The maximum Gasteiger partial charge on any atom is 0.426 e. The zero-order valence-electron chi connectivity index (χ0n) is 9.57. The number of nitrogens with zero attached hydrogens (tertiary/aromatic N) is 1. The molecule has 94 valence electrons. The molecule has 0 saturated heterocycles. The van der Waals surface area contributed by atoms with Crippen LogP contribution in [-0.4, -0.2) is 23.5 Å². The Labute approximate surface area is 97.8 Å². The second kappa shape index (κ2) is 4.87. The zero-order chi connectivity index (χ0) is 13.1. The summed E-state index contributed by atoms with van der Waals surface area (Å²) in [4.78, 5) is 3.64. The standard InChI is InChI=1S/C12H14F3NO/c1-9(2)16-8-11(17,12(13,14)15)10-6-4-3-5-7-10/h3-9,17H,1-2H3/t11-/m0/s1. The summed E-state index contributed by atoms with van der Waals surface area (Å²) in [5, 5.41) is 9.79. The van der Waals surface area contributed by atoms with Crippen molar-refractivity contribution in [1.82, 2.24) is 0 Å². The van der Waals surface area contributed by atoms with Crippen molar-refractivity contribution in [1.29, 1.82) is 0 Å². The van der Waals surface area contributed by atoms with Crippen LogP contribution >= 0.6 is 0 Å². The topological polar surface area (TPSA) is 32.6 Å². The van der Waals surface area contributed by atoms with Crippen molar-refractivity contribution in [2.24, 2.45) is 4.99 Å². The molecule has 1 atom stereocenters. The van der Waals surface area contributed by atoms with E-state index < -0.39 is 11.8 Å². The van der Waals surface area contributed by atoms with E-state index in [4.69, 9.17) is 0 Å². The van der Waals surface area contributed by atoms with Gasteiger partial charge in [-0.3, -0.25) is 4.99 Å². The lowest BCUT2D eigenvalue weighted by Crippen LogP contribution is -2.44. The van der Waals surface area contributed by atoms with Gasteiger partial charge in [0.25, 0.3) is 0 Å². The van der Waals surface area contributed by atoms with Gasteiger partial charge in [0, 0.05) is 12.3 Å². The molecule has 0 aliphatic rings. The minimum absolute atomic E-state index is 0.239. The molecular weight excluding hydrogens is 231 g/mol. The molecule has 0 heterocycles. The van der Waals surface area contributed by atoms with Crippen LogP contribution in [0, 0.1) is 0 Å². The molecule has 0 unspecified atom stereocenters. The van der Waals surface area contributed by atoms with Gasteiger partial charge < -0.3 is 5.11 Å². The molecule has 0 aliphatic heterocycles. The Hall–Kier alpha value is -1.36. The fourth-order valence-corrected chi connectivity index (χ4v) is 1.26. The predicted molar refractivity (Wildman–Crippen MR) is 60.0 cm³/mol. The summed E-state index contributed by atoms with van der Waals surface area (Å²) in [5.41, 5.74) is -3.27. The molecule has 0 saturated carbocycles. The van der Waals surface area contributed by atoms with Gasteiger partial charge in [0.2, 0.25) is 5.60 Å². The van der Waals surface area contributed by atoms with E-state index in [9.17, 15) is 18.3 Å². The first-order valence-electron chi connectivity index (χ1n) is 5.16. The quantitative estimate of drug-likeness (QED) is 0.816. The normalized spacial score (nSPS) is 16.4. The molecule has 0 spiro atoms. The first-order chi connectivity index (χ1) is 7.77. The SMILES string of the molecule is CC(C)N=C[C@](O)(c1ccccc1)C(F)(F)F. The van der Waals surface area contributed by atoms with Crippen LogP contribution in [0.5, 0.6) is 0 Å². The molecule has 1 aromatic rings. The van der Waals surface area contributed by atoms with Gasteiger partial charge in [-0.1, -0.05) is 30.3 Å². The third-order valence-electron chi connectivity index (χ3n) is 2.21. The third-order valence-corrected chi connectivity index (χ3v) is 2.21. The lowest BCUT2D eigenvalue weighted by atomic mass is 9.94. The van der Waals surface area contributed by atoms with E-state index in [0.717, 1.165) is 0 Å². The number of hydrogen-bond acceptors (Lipinski definition) is 2. The number of hydrogen-bond donors (Lipinski definition) is 1. The van der Waals surface area contributed by atoms with Crippen LogP contribution in [0.15, 0.2) is 35.3 Å². The molecule has 5 heteroatoms. The molecule has 0 aliphatic carbocycles. The summed E-state index contributed by atoms with van der Waals surface area (Å²) < 4.78 is 38.7. The average molecular weight is 245 g/mol. The van der Waals surface area contributed by atoms with Gasteiger partial charge in [-0.05, 0) is 19.4 Å². The Kier molecular flexibility index (Phi) is 3.93. The molecule has 0 fully saturated rings. The van der Waals surface area contributed by atoms with Crippen LogP contribution in [0.4, 0.5) is 13.2 Å². The number of rotatable bonds is 3. The van der Waals surface area contributed by atoms with Gasteiger partial charge in [-0.15, -0.1) is 0 Å². The Balaban J connectivity index is 3.21. The van der Waals surface area contributed by atoms with Crippen molar-refractivity contribution in [2.45, 2.75) is 31.7 Å². The Morgan fingerprint density at radius 2 is 1.71 bits per heavy atom. The van der Waals surface area contributed by atoms with E-state index in [-0.39, 0.29) is 11.6 Å². The van der Waals surface area contributed by atoms with Crippen LogP contribution in [-0.2, 0) is 5.60 Å². The monoisotopic (exact) mass is 245 g/mol. The molecular formula is C12H14F3NO. The van der Waals surface area contributed by atoms with Gasteiger partial charge in [-0.2, -0.15) is 13.2 Å². The first-order valence-corrected chi connectivity index (χ1v) is 5.16. The second-order valence-electron chi connectivity index (χ2n) is 4.00. The minimum atomic E-state index is -4.80. The molecule has 1 rings (SSSR count). The fraction of sp³-hybridized carbons (Fsp3) is 0.417. The molecule has 0 bridgehead atoms. The summed E-state index contributed by atoms with van der Waals surface area (Å²) >= 11 is 0. The highest BCUT2D eigenvalue weighted by molar-refractivity contribution is 5.72. The highest BCUT2D eigenvalue weighted by Gasteiger charge is 2.54. The van der Waals surface area contributed by atoms with E-state index in [1.54, 1.807) is 19.9 Å². The van der Waals surface area contributed by atoms with Gasteiger partial charge in [-0.25, -0.2) is 0 Å². The average Bonchev–Trinajstić information content (AvgIpc) is 2.25. The fourth-order valence-electron chi connectivity index (χ4n) is 1.26. The van der Waals surface area contributed by atoms with E-state index in [1.165, 1.54) is 24.3 Å². The third kappa shape index (κ3) is 3.06. The van der Waals surface area contributed by atoms with E-state index in [0.29, 0.717) is 6.21 Å². The summed E-state index contributed by atoms with van der Waals surface area (Å²) in [6.07, 6.45) is -4.24. The van der Waals surface area contributed by atoms with Gasteiger partial charge in [0.1, 0.15) is 0 Å². The van der Waals surface area contributed by atoms with Crippen LogP contribution in [0.3, 0.4) is 0 Å². The molecule has 2 nitrogen and oxygen atoms in total. The summed E-state index contributed by atoms with van der Waals surface area (Å²) in [6.45, 7) is 3.27. The van der Waals surface area contributed by atoms with Gasteiger partial charge in [0.05, 0.1) is 0 Å². The number of alkyl halides is 3. The molecule has 0 aromatic heterocycles. The van der Waals surface area contributed by atoms with Crippen LogP contribution < -0.4 is 0 Å². The molecule has 0 radical (unpaired) electrons. The Morgan fingerprint density at radius 3 is 2.12 bits per heavy atom. The highest BCUT2D eigenvalue weighted by atomic mass is 19.4. The summed E-state index contributed by atoms with van der Waals surface area (Å²) in [5.74, 6) is 0. The molecule has 17 heavy (non-hydrogen) atoms. The van der Waals surface area contributed by atoms with Crippen LogP contribution in [0.1, 0.15) is 19.4 Å². The summed E-state index contributed by atoms with van der Waals surface area (Å²) in [6, 6.07) is 6.59. The van der Waals surface area contributed by atoms with E-state index in [1.807, 2.05) is 0 Å². The molecule has 0 amide bonds. The lowest BCUT2D eigenvalue weighted by molar-refractivity contribution is -0.233.